The molecule has 0 saturated carbocycles. The van der Waals surface area contributed by atoms with Crippen molar-refractivity contribution in [3.63, 3.8) is 0 Å². The maximum Gasteiger partial charge on any atom is 0.259 e. The highest BCUT2D eigenvalue weighted by atomic mass is 32.1. The van der Waals surface area contributed by atoms with Crippen LogP contribution >= 0.6 is 23.6 Å². The molecule has 5 nitrogen and oxygen atoms in total. The summed E-state index contributed by atoms with van der Waals surface area (Å²) >= 11 is 6.57. The van der Waals surface area contributed by atoms with Gasteiger partial charge < -0.3 is 9.88 Å². The van der Waals surface area contributed by atoms with E-state index >= 15 is 0 Å². The van der Waals surface area contributed by atoms with E-state index in [9.17, 15) is 9.59 Å². The van der Waals surface area contributed by atoms with Gasteiger partial charge in [-0.15, -0.1) is 11.3 Å². The minimum atomic E-state index is -0.260. The lowest BCUT2D eigenvalue weighted by Crippen LogP contribution is -2.25. The minimum absolute atomic E-state index is 0.102. The smallest absolute Gasteiger partial charge is 0.259 e. The van der Waals surface area contributed by atoms with Crippen LogP contribution < -0.4 is 5.56 Å². The first-order chi connectivity index (χ1) is 10.5. The van der Waals surface area contributed by atoms with Gasteiger partial charge in [0.05, 0.1) is 17.4 Å². The highest BCUT2D eigenvalue weighted by Gasteiger charge is 2.13. The van der Waals surface area contributed by atoms with Gasteiger partial charge in [0.15, 0.2) is 4.77 Å². The SMILES string of the molecule is CN(Cc1cccs1)C(=O)c1ccc2c(=O)[nH]c(=S)[nH]c2c1. The summed E-state index contributed by atoms with van der Waals surface area (Å²) in [5.41, 5.74) is 0.816. The third-order valence-electron chi connectivity index (χ3n) is 3.31. The number of thiophene rings is 1. The average molecular weight is 331 g/mol. The molecular weight excluding hydrogens is 318 g/mol. The van der Waals surface area contributed by atoms with Crippen molar-refractivity contribution in [3.05, 3.63) is 61.3 Å². The van der Waals surface area contributed by atoms with Crippen molar-refractivity contribution >= 4 is 40.4 Å². The molecule has 0 atom stereocenters. The Morgan fingerprint density at radius 3 is 2.86 bits per heavy atom. The molecule has 0 spiro atoms. The summed E-state index contributed by atoms with van der Waals surface area (Å²) in [7, 11) is 1.76. The van der Waals surface area contributed by atoms with Crippen LogP contribution in [0.5, 0.6) is 0 Å². The number of nitrogens with one attached hydrogen (secondary N) is 2. The standard InChI is InChI=1S/C15H13N3O2S2/c1-18(8-10-3-2-6-22-10)14(20)9-4-5-11-12(7-9)16-15(21)17-13(11)19/h2-7H,8H2,1H3,(H2,16,17,19,21). The number of hydrogen-bond acceptors (Lipinski definition) is 4. The van der Waals surface area contributed by atoms with Crippen LogP contribution in [-0.4, -0.2) is 27.8 Å². The molecule has 0 fully saturated rings. The second kappa shape index (κ2) is 5.86. The molecule has 0 bridgehead atoms. The largest absolute Gasteiger partial charge is 0.337 e. The van der Waals surface area contributed by atoms with Gasteiger partial charge in [-0.25, -0.2) is 0 Å². The number of rotatable bonds is 3. The fourth-order valence-corrected chi connectivity index (χ4v) is 3.19. The Kier molecular flexibility index (Phi) is 3.91. The third kappa shape index (κ3) is 2.86. The van der Waals surface area contributed by atoms with E-state index < -0.39 is 0 Å². The van der Waals surface area contributed by atoms with Crippen LogP contribution in [-0.2, 0) is 6.54 Å². The van der Waals surface area contributed by atoms with E-state index in [1.165, 1.54) is 0 Å². The first-order valence-electron chi connectivity index (χ1n) is 6.59. The molecule has 0 radical (unpaired) electrons. The van der Waals surface area contributed by atoms with Crippen molar-refractivity contribution in [1.29, 1.82) is 0 Å². The lowest BCUT2D eigenvalue weighted by Gasteiger charge is -2.16. The summed E-state index contributed by atoms with van der Waals surface area (Å²) in [5.74, 6) is -0.102. The molecule has 0 saturated heterocycles. The summed E-state index contributed by atoms with van der Waals surface area (Å²) in [6.45, 7) is 0.555. The van der Waals surface area contributed by atoms with Crippen molar-refractivity contribution in [2.75, 3.05) is 7.05 Å². The van der Waals surface area contributed by atoms with Gasteiger partial charge in [0.25, 0.3) is 11.5 Å². The van der Waals surface area contributed by atoms with Gasteiger partial charge in [-0.3, -0.25) is 14.6 Å². The van der Waals surface area contributed by atoms with E-state index in [0.717, 1.165) is 4.88 Å². The Balaban J connectivity index is 1.94. The molecule has 22 heavy (non-hydrogen) atoms. The average Bonchev–Trinajstić information content (AvgIpc) is 2.98. The van der Waals surface area contributed by atoms with Gasteiger partial charge >= 0.3 is 0 Å². The number of aromatic amines is 2. The number of nitrogens with zero attached hydrogens (tertiary/aromatic N) is 1. The number of H-pyrrole nitrogens is 2. The van der Waals surface area contributed by atoms with Crippen molar-refractivity contribution in [1.82, 2.24) is 14.9 Å². The van der Waals surface area contributed by atoms with Crippen LogP contribution in [0.2, 0.25) is 0 Å². The summed E-state index contributed by atoms with van der Waals surface area (Å²) in [6.07, 6.45) is 0. The fourth-order valence-electron chi connectivity index (χ4n) is 2.23. The Morgan fingerprint density at radius 2 is 2.14 bits per heavy atom. The molecule has 0 unspecified atom stereocenters. The van der Waals surface area contributed by atoms with Crippen molar-refractivity contribution in [3.8, 4) is 0 Å². The van der Waals surface area contributed by atoms with Gasteiger partial charge in [-0.1, -0.05) is 6.07 Å². The van der Waals surface area contributed by atoms with Gasteiger partial charge in [0.2, 0.25) is 0 Å². The summed E-state index contributed by atoms with van der Waals surface area (Å²) in [4.78, 5) is 32.5. The topological polar surface area (TPSA) is 69.0 Å². The van der Waals surface area contributed by atoms with Gasteiger partial charge in [0.1, 0.15) is 0 Å². The number of hydrogen-bond donors (Lipinski definition) is 2. The Hall–Kier alpha value is -2.25. The molecule has 0 aliphatic rings. The van der Waals surface area contributed by atoms with E-state index in [-0.39, 0.29) is 16.2 Å². The fraction of sp³-hybridized carbons (Fsp3) is 0.133. The summed E-state index contributed by atoms with van der Waals surface area (Å²) < 4.78 is 0.244. The Morgan fingerprint density at radius 1 is 1.32 bits per heavy atom. The molecule has 2 heterocycles. The van der Waals surface area contributed by atoms with Gasteiger partial charge in [-0.2, -0.15) is 0 Å². The maximum atomic E-state index is 12.5. The summed E-state index contributed by atoms with van der Waals surface area (Å²) in [5, 5.41) is 2.46. The molecule has 3 rings (SSSR count). The van der Waals surface area contributed by atoms with E-state index in [1.807, 2.05) is 17.5 Å². The molecule has 7 heteroatoms. The van der Waals surface area contributed by atoms with Crippen LogP contribution in [0.25, 0.3) is 10.9 Å². The van der Waals surface area contributed by atoms with Crippen LogP contribution in [0.15, 0.2) is 40.5 Å². The third-order valence-corrected chi connectivity index (χ3v) is 4.37. The number of benzene rings is 1. The van der Waals surface area contributed by atoms with E-state index in [4.69, 9.17) is 12.2 Å². The Labute approximate surface area is 135 Å². The van der Waals surface area contributed by atoms with Gasteiger partial charge in [-0.05, 0) is 41.9 Å². The quantitative estimate of drug-likeness (QED) is 0.725. The van der Waals surface area contributed by atoms with Crippen molar-refractivity contribution in [2.24, 2.45) is 0 Å². The molecule has 3 aromatic rings. The van der Waals surface area contributed by atoms with Crippen LogP contribution in [0.3, 0.4) is 0 Å². The molecule has 2 N–H and O–H groups in total. The molecule has 112 valence electrons. The van der Waals surface area contributed by atoms with Crippen LogP contribution in [0.4, 0.5) is 0 Å². The van der Waals surface area contributed by atoms with E-state index in [2.05, 4.69) is 9.97 Å². The van der Waals surface area contributed by atoms with E-state index in [1.54, 1.807) is 41.5 Å². The number of carbonyl (C=O) groups is 1. The predicted octanol–water partition coefficient (Wildman–Crippen LogP) is 2.92. The lowest BCUT2D eigenvalue weighted by molar-refractivity contribution is 0.0786. The second-order valence-electron chi connectivity index (χ2n) is 4.91. The van der Waals surface area contributed by atoms with E-state index in [0.29, 0.717) is 23.0 Å². The molecule has 0 aliphatic heterocycles. The number of aromatic nitrogens is 2. The highest BCUT2D eigenvalue weighted by Crippen LogP contribution is 2.15. The Bertz CT molecular complexity index is 941. The predicted molar refractivity (Wildman–Crippen MR) is 89.9 cm³/mol. The summed E-state index contributed by atoms with van der Waals surface area (Å²) in [6, 6.07) is 8.90. The number of fused-ring (bicyclic) bond motifs is 1. The van der Waals surface area contributed by atoms with Crippen LogP contribution in [0, 0.1) is 4.77 Å². The lowest BCUT2D eigenvalue weighted by atomic mass is 10.1. The number of carbonyl (C=O) groups excluding carboxylic acids is 1. The highest BCUT2D eigenvalue weighted by molar-refractivity contribution is 7.71. The maximum absolute atomic E-state index is 12.5. The first-order valence-corrected chi connectivity index (χ1v) is 7.87. The normalized spacial score (nSPS) is 10.8. The van der Waals surface area contributed by atoms with Crippen molar-refractivity contribution in [2.45, 2.75) is 6.54 Å². The zero-order valence-corrected chi connectivity index (χ0v) is 13.4. The zero-order chi connectivity index (χ0) is 15.7. The molecular formula is C15H13N3O2S2. The molecule has 1 aromatic carbocycles. The van der Waals surface area contributed by atoms with Crippen LogP contribution in [0.1, 0.15) is 15.2 Å². The minimum Gasteiger partial charge on any atom is -0.337 e. The zero-order valence-electron chi connectivity index (χ0n) is 11.8. The second-order valence-corrected chi connectivity index (χ2v) is 6.35. The van der Waals surface area contributed by atoms with Crippen molar-refractivity contribution < 1.29 is 4.79 Å². The molecule has 1 amide bonds. The molecule has 2 aromatic heterocycles. The van der Waals surface area contributed by atoms with Gasteiger partial charge in [0, 0.05) is 17.5 Å². The molecule has 0 aliphatic carbocycles. The first kappa shape index (κ1) is 14.7. The monoisotopic (exact) mass is 331 g/mol. The number of amides is 1.